The molecule has 3 aliphatic rings. The quantitative estimate of drug-likeness (QED) is 0.713. The third-order valence-corrected chi connectivity index (χ3v) is 4.33. The predicted octanol–water partition coefficient (Wildman–Crippen LogP) is 1.13. The molecule has 4 atom stereocenters. The van der Waals surface area contributed by atoms with E-state index in [1.54, 1.807) is 0 Å². The number of carbonyl (C=O) groups is 2. The summed E-state index contributed by atoms with van der Waals surface area (Å²) < 4.78 is 0. The molecule has 80 valence electrons. The van der Waals surface area contributed by atoms with E-state index in [1.807, 2.05) is 0 Å². The highest BCUT2D eigenvalue weighted by Crippen LogP contribution is 2.63. The first-order chi connectivity index (χ1) is 7.11. The van der Waals surface area contributed by atoms with Crippen LogP contribution in [-0.2, 0) is 9.59 Å². The third-order valence-electron chi connectivity index (χ3n) is 4.33. The van der Waals surface area contributed by atoms with Gasteiger partial charge in [-0.3, -0.25) is 0 Å². The Hall–Kier alpha value is -1.32. The number of aliphatic carboxylic acids is 2. The van der Waals surface area contributed by atoms with Gasteiger partial charge in [-0.25, -0.2) is 9.59 Å². The van der Waals surface area contributed by atoms with Crippen molar-refractivity contribution in [3.05, 3.63) is 11.1 Å². The van der Waals surface area contributed by atoms with Gasteiger partial charge in [0.2, 0.25) is 0 Å². The number of carboxylic acid groups (broad SMARTS) is 2. The lowest BCUT2D eigenvalue weighted by molar-refractivity contribution is -0.139. The standard InChI is InChI=1S/C11H12O4/c12-10(13)8-6-4-1-2-5(3-4)7(6)9(8)11(14)15/h4-7H,1-3H2,(H,12,13)(H,14,15). The molecular weight excluding hydrogens is 196 g/mol. The van der Waals surface area contributed by atoms with E-state index in [4.69, 9.17) is 10.2 Å². The number of hydrogen-bond donors (Lipinski definition) is 2. The van der Waals surface area contributed by atoms with Crippen LogP contribution in [0.1, 0.15) is 19.3 Å². The Morgan fingerprint density at radius 2 is 1.33 bits per heavy atom. The maximum atomic E-state index is 11.0. The van der Waals surface area contributed by atoms with Gasteiger partial charge in [0.15, 0.2) is 0 Å². The van der Waals surface area contributed by atoms with Crippen LogP contribution < -0.4 is 0 Å². The van der Waals surface area contributed by atoms with Crippen molar-refractivity contribution >= 4 is 11.9 Å². The lowest BCUT2D eigenvalue weighted by atomic mass is 9.61. The number of fused-ring (bicyclic) bond motifs is 5. The average Bonchev–Trinajstić information content (AvgIpc) is 2.58. The van der Waals surface area contributed by atoms with Crippen LogP contribution in [0.3, 0.4) is 0 Å². The predicted molar refractivity (Wildman–Crippen MR) is 50.1 cm³/mol. The minimum atomic E-state index is -1.03. The molecule has 2 fully saturated rings. The SMILES string of the molecule is O=C(O)C1=C(C(=O)O)C2C3CCC(C3)C12. The molecule has 3 aliphatic carbocycles. The van der Waals surface area contributed by atoms with Crippen molar-refractivity contribution in [2.75, 3.05) is 0 Å². The Bertz CT molecular complexity index is 359. The maximum absolute atomic E-state index is 11.0. The number of hydrogen-bond acceptors (Lipinski definition) is 2. The summed E-state index contributed by atoms with van der Waals surface area (Å²) in [6, 6.07) is 0. The van der Waals surface area contributed by atoms with Crippen molar-refractivity contribution in [2.45, 2.75) is 19.3 Å². The first-order valence-corrected chi connectivity index (χ1v) is 5.32. The van der Waals surface area contributed by atoms with Gasteiger partial charge in [0.1, 0.15) is 0 Å². The van der Waals surface area contributed by atoms with Gasteiger partial charge in [-0.2, -0.15) is 0 Å². The number of carboxylic acids is 2. The average molecular weight is 208 g/mol. The Morgan fingerprint density at radius 1 is 0.933 bits per heavy atom. The van der Waals surface area contributed by atoms with Crippen LogP contribution in [0.4, 0.5) is 0 Å². The summed E-state index contributed by atoms with van der Waals surface area (Å²) in [6.45, 7) is 0. The van der Waals surface area contributed by atoms with Crippen LogP contribution in [0, 0.1) is 23.7 Å². The minimum Gasteiger partial charge on any atom is -0.478 e. The molecule has 0 aliphatic heterocycles. The molecule has 4 unspecified atom stereocenters. The van der Waals surface area contributed by atoms with Crippen LogP contribution in [0.15, 0.2) is 11.1 Å². The fraction of sp³-hybridized carbons (Fsp3) is 0.636. The summed E-state index contributed by atoms with van der Waals surface area (Å²) >= 11 is 0. The summed E-state index contributed by atoms with van der Waals surface area (Å²) in [5.41, 5.74) is 0.388. The molecule has 0 aromatic carbocycles. The van der Waals surface area contributed by atoms with Crippen LogP contribution >= 0.6 is 0 Å². The van der Waals surface area contributed by atoms with E-state index in [-0.39, 0.29) is 23.0 Å². The molecule has 2 N–H and O–H groups in total. The zero-order valence-corrected chi connectivity index (χ0v) is 8.14. The van der Waals surface area contributed by atoms with Crippen molar-refractivity contribution in [3.63, 3.8) is 0 Å². The summed E-state index contributed by atoms with van der Waals surface area (Å²) in [7, 11) is 0. The Morgan fingerprint density at radius 3 is 1.67 bits per heavy atom. The maximum Gasteiger partial charge on any atom is 0.332 e. The molecule has 0 saturated heterocycles. The largest absolute Gasteiger partial charge is 0.478 e. The first kappa shape index (κ1) is 8.95. The highest BCUT2D eigenvalue weighted by molar-refractivity contribution is 6.03. The summed E-state index contributed by atoms with van der Waals surface area (Å²) in [5, 5.41) is 18.0. The van der Waals surface area contributed by atoms with Crippen molar-refractivity contribution < 1.29 is 19.8 Å². The molecule has 0 aromatic rings. The molecule has 4 nitrogen and oxygen atoms in total. The third kappa shape index (κ3) is 0.919. The van der Waals surface area contributed by atoms with Gasteiger partial charge in [0.25, 0.3) is 0 Å². The first-order valence-electron chi connectivity index (χ1n) is 5.32. The normalized spacial score (nSPS) is 41.3. The molecule has 15 heavy (non-hydrogen) atoms. The van der Waals surface area contributed by atoms with E-state index in [1.165, 1.54) is 0 Å². The zero-order chi connectivity index (χ0) is 10.7. The highest BCUT2D eigenvalue weighted by Gasteiger charge is 2.60. The summed E-state index contributed by atoms with van der Waals surface area (Å²) in [5.74, 6) is -1.08. The van der Waals surface area contributed by atoms with Crippen molar-refractivity contribution in [3.8, 4) is 0 Å². The lowest BCUT2D eigenvalue weighted by Gasteiger charge is -2.41. The molecule has 4 heteroatoms. The smallest absolute Gasteiger partial charge is 0.332 e. The molecule has 0 heterocycles. The Kier molecular flexibility index (Phi) is 1.56. The van der Waals surface area contributed by atoms with Crippen LogP contribution in [0.25, 0.3) is 0 Å². The van der Waals surface area contributed by atoms with E-state index in [2.05, 4.69) is 0 Å². The van der Waals surface area contributed by atoms with Gasteiger partial charge in [-0.1, -0.05) is 0 Å². The van der Waals surface area contributed by atoms with Crippen molar-refractivity contribution in [1.82, 2.24) is 0 Å². The number of rotatable bonds is 2. The monoisotopic (exact) mass is 208 g/mol. The second-order valence-corrected chi connectivity index (χ2v) is 4.82. The van der Waals surface area contributed by atoms with Crippen molar-refractivity contribution in [1.29, 1.82) is 0 Å². The molecule has 0 aromatic heterocycles. The van der Waals surface area contributed by atoms with E-state index < -0.39 is 11.9 Å². The second kappa shape index (κ2) is 2.62. The summed E-state index contributed by atoms with van der Waals surface area (Å²) in [6.07, 6.45) is 3.19. The van der Waals surface area contributed by atoms with E-state index in [0.717, 1.165) is 19.3 Å². The van der Waals surface area contributed by atoms with Crippen LogP contribution in [-0.4, -0.2) is 22.2 Å². The van der Waals surface area contributed by atoms with Gasteiger partial charge in [0, 0.05) is 11.8 Å². The van der Waals surface area contributed by atoms with Gasteiger partial charge < -0.3 is 10.2 Å². The fourth-order valence-electron chi connectivity index (χ4n) is 3.90. The van der Waals surface area contributed by atoms with Crippen LogP contribution in [0.2, 0.25) is 0 Å². The molecule has 0 amide bonds. The zero-order valence-electron chi connectivity index (χ0n) is 8.14. The molecule has 3 rings (SSSR count). The van der Waals surface area contributed by atoms with Crippen LogP contribution in [0.5, 0.6) is 0 Å². The van der Waals surface area contributed by atoms with E-state index in [9.17, 15) is 9.59 Å². The molecule has 0 spiro atoms. The van der Waals surface area contributed by atoms with Gasteiger partial charge >= 0.3 is 11.9 Å². The Balaban J connectivity index is 2.05. The molecule has 2 saturated carbocycles. The van der Waals surface area contributed by atoms with Gasteiger partial charge in [-0.15, -0.1) is 0 Å². The van der Waals surface area contributed by atoms with Gasteiger partial charge in [-0.05, 0) is 31.1 Å². The minimum absolute atomic E-state index is 0.0485. The molecule has 0 radical (unpaired) electrons. The second-order valence-electron chi connectivity index (χ2n) is 4.82. The fourth-order valence-corrected chi connectivity index (χ4v) is 3.90. The topological polar surface area (TPSA) is 74.6 Å². The van der Waals surface area contributed by atoms with Gasteiger partial charge in [0.05, 0.1) is 11.1 Å². The lowest BCUT2D eigenvalue weighted by Crippen LogP contribution is -2.41. The highest BCUT2D eigenvalue weighted by atomic mass is 16.4. The summed E-state index contributed by atoms with van der Waals surface area (Å²) in [4.78, 5) is 22.0. The molecule has 2 bridgehead atoms. The Labute approximate surface area is 86.6 Å². The van der Waals surface area contributed by atoms with E-state index in [0.29, 0.717) is 11.8 Å². The van der Waals surface area contributed by atoms with E-state index >= 15 is 0 Å². The molecular formula is C11H12O4. The van der Waals surface area contributed by atoms with Crippen molar-refractivity contribution in [2.24, 2.45) is 23.7 Å².